The number of ether oxygens (including phenoxy) is 1. The van der Waals surface area contributed by atoms with Gasteiger partial charge in [-0.2, -0.15) is 0 Å². The number of methoxy groups -OCH3 is 1. The van der Waals surface area contributed by atoms with Crippen molar-refractivity contribution >= 4 is 44.9 Å². The predicted molar refractivity (Wildman–Crippen MR) is 142 cm³/mol. The molecule has 0 radical (unpaired) electrons. The van der Waals surface area contributed by atoms with Gasteiger partial charge in [0, 0.05) is 49.7 Å². The number of piperazine rings is 1. The van der Waals surface area contributed by atoms with Crippen molar-refractivity contribution in [2.75, 3.05) is 58.7 Å². The van der Waals surface area contributed by atoms with Gasteiger partial charge < -0.3 is 25.2 Å². The average Bonchev–Trinajstić information content (AvgIpc) is 3.56. The molecule has 1 aliphatic heterocycles. The molecule has 0 spiro atoms. The van der Waals surface area contributed by atoms with E-state index in [2.05, 4.69) is 32.5 Å². The van der Waals surface area contributed by atoms with Gasteiger partial charge in [0.15, 0.2) is 0 Å². The van der Waals surface area contributed by atoms with Crippen LogP contribution in [0.25, 0.3) is 20.7 Å². The molecule has 3 heterocycles. The summed E-state index contributed by atoms with van der Waals surface area (Å²) >= 11 is 8.04. The highest BCUT2D eigenvalue weighted by Gasteiger charge is 2.26. The highest BCUT2D eigenvalue weighted by Crippen LogP contribution is 2.41. The Morgan fingerprint density at radius 3 is 2.80 bits per heavy atom. The van der Waals surface area contributed by atoms with Crippen molar-refractivity contribution in [3.8, 4) is 16.3 Å². The molecule has 1 saturated carbocycles. The number of halogens is 1. The quantitative estimate of drug-likeness (QED) is 0.418. The maximum atomic E-state index is 12.8. The monoisotopic (exact) mass is 514 g/mol. The Morgan fingerprint density at radius 1 is 1.26 bits per heavy atom. The summed E-state index contributed by atoms with van der Waals surface area (Å²) in [5.41, 5.74) is 1.29. The van der Waals surface area contributed by atoms with Gasteiger partial charge in [-0.3, -0.25) is 4.79 Å². The molecule has 1 aliphatic carbocycles. The Bertz CT molecular complexity index is 1210. The van der Waals surface area contributed by atoms with Gasteiger partial charge in [-0.1, -0.05) is 11.6 Å². The summed E-state index contributed by atoms with van der Waals surface area (Å²) in [6.07, 6.45) is 4.74. The van der Waals surface area contributed by atoms with Gasteiger partial charge in [-0.25, -0.2) is 9.97 Å². The lowest BCUT2D eigenvalue weighted by atomic mass is 10.1. The summed E-state index contributed by atoms with van der Waals surface area (Å²) in [7, 11) is 3.81. The molecular weight excluding hydrogens is 484 g/mol. The predicted octanol–water partition coefficient (Wildman–Crippen LogP) is 3.96. The average molecular weight is 515 g/mol. The number of benzene rings is 1. The van der Waals surface area contributed by atoms with Crippen LogP contribution in [0.5, 0.6) is 5.75 Å². The summed E-state index contributed by atoms with van der Waals surface area (Å²) in [5.74, 6) is 1.23. The van der Waals surface area contributed by atoms with E-state index in [-0.39, 0.29) is 5.91 Å². The van der Waals surface area contributed by atoms with E-state index in [0.717, 1.165) is 79.2 Å². The Labute approximate surface area is 214 Å². The molecule has 2 aromatic heterocycles. The van der Waals surface area contributed by atoms with Crippen molar-refractivity contribution in [1.82, 2.24) is 25.1 Å². The van der Waals surface area contributed by atoms with Gasteiger partial charge in [0.25, 0.3) is 5.91 Å². The number of nitrogens with one attached hydrogen (secondary N) is 2. The number of likely N-dealkylation sites (N-methyl/N-ethyl adjacent to an activating group) is 1. The maximum absolute atomic E-state index is 12.8. The number of carbonyl (C=O) groups excluding carboxylic acids is 1. The molecular formula is C25H31ClN6O2S. The topological polar surface area (TPSA) is 82.6 Å². The zero-order chi connectivity index (χ0) is 24.4. The lowest BCUT2D eigenvalue weighted by Crippen LogP contribution is -2.44. The van der Waals surface area contributed by atoms with Crippen LogP contribution in [0.4, 0.5) is 5.95 Å². The molecule has 3 aromatic rings. The Balaban J connectivity index is 1.32. The standard InChI is InChI=1S/C25H31ClN6O2S/c1-31-10-12-32(13-11-31)9-3-8-27-25-28-15-19(26)22(30-25)21-14-18-17(24(33)29-16-4-5-16)6-7-20(34-2)23(18)35-21/h6-7,14-16H,3-5,8-13H2,1-2H3,(H,29,33)(H,27,28,30). The Hall–Kier alpha value is -2.46. The number of fused-ring (bicyclic) bond motifs is 1. The number of hydrogen-bond acceptors (Lipinski definition) is 8. The minimum Gasteiger partial charge on any atom is -0.495 e. The van der Waals surface area contributed by atoms with Crippen molar-refractivity contribution in [1.29, 1.82) is 0 Å². The zero-order valence-corrected chi connectivity index (χ0v) is 21.7. The minimum atomic E-state index is -0.0546. The van der Waals surface area contributed by atoms with E-state index in [1.165, 1.54) is 11.3 Å². The van der Waals surface area contributed by atoms with E-state index < -0.39 is 0 Å². The molecule has 1 aromatic carbocycles. The second-order valence-electron chi connectivity index (χ2n) is 9.23. The number of hydrogen-bond donors (Lipinski definition) is 2. The highest BCUT2D eigenvalue weighted by molar-refractivity contribution is 7.22. The molecule has 0 bridgehead atoms. The maximum Gasteiger partial charge on any atom is 0.252 e. The van der Waals surface area contributed by atoms with Crippen LogP contribution in [-0.4, -0.2) is 85.1 Å². The highest BCUT2D eigenvalue weighted by atomic mass is 35.5. The van der Waals surface area contributed by atoms with Gasteiger partial charge in [-0.15, -0.1) is 11.3 Å². The second-order valence-corrected chi connectivity index (χ2v) is 10.7. The number of anilines is 1. The van der Waals surface area contributed by atoms with Crippen molar-refractivity contribution in [2.24, 2.45) is 0 Å². The first-order valence-electron chi connectivity index (χ1n) is 12.1. The summed E-state index contributed by atoms with van der Waals surface area (Å²) in [6.45, 7) is 6.34. The normalized spacial score (nSPS) is 17.0. The van der Waals surface area contributed by atoms with Crippen LogP contribution in [0.15, 0.2) is 24.4 Å². The fourth-order valence-corrected chi connectivity index (χ4v) is 5.69. The molecule has 1 amide bonds. The zero-order valence-electron chi connectivity index (χ0n) is 20.1. The van der Waals surface area contributed by atoms with Gasteiger partial charge in [0.1, 0.15) is 11.4 Å². The molecule has 2 N–H and O–H groups in total. The third-order valence-corrected chi connectivity index (χ3v) is 7.97. The number of amides is 1. The first-order valence-corrected chi connectivity index (χ1v) is 13.3. The van der Waals surface area contributed by atoms with Crippen molar-refractivity contribution in [2.45, 2.75) is 25.3 Å². The Morgan fingerprint density at radius 2 is 2.06 bits per heavy atom. The molecule has 8 nitrogen and oxygen atoms in total. The van der Waals surface area contributed by atoms with Gasteiger partial charge in [0.2, 0.25) is 5.95 Å². The van der Waals surface area contributed by atoms with Gasteiger partial charge >= 0.3 is 0 Å². The first-order chi connectivity index (χ1) is 17.0. The SMILES string of the molecule is COc1ccc(C(=O)NC2CC2)c2cc(-c3nc(NCCCN4CCN(C)CC4)ncc3Cl)sc12. The van der Waals surface area contributed by atoms with E-state index in [0.29, 0.717) is 28.3 Å². The van der Waals surface area contributed by atoms with Crippen molar-refractivity contribution in [3.63, 3.8) is 0 Å². The summed E-state index contributed by atoms with van der Waals surface area (Å²) in [6, 6.07) is 5.94. The van der Waals surface area contributed by atoms with Crippen LogP contribution in [0, 0.1) is 0 Å². The molecule has 0 atom stereocenters. The van der Waals surface area contributed by atoms with Crippen LogP contribution in [-0.2, 0) is 0 Å². The van der Waals surface area contributed by atoms with Gasteiger partial charge in [0.05, 0.1) is 27.9 Å². The van der Waals surface area contributed by atoms with E-state index in [4.69, 9.17) is 21.3 Å². The molecule has 35 heavy (non-hydrogen) atoms. The number of rotatable bonds is 9. The molecule has 1 saturated heterocycles. The van der Waals surface area contributed by atoms with Crippen LogP contribution in [0.2, 0.25) is 5.02 Å². The van der Waals surface area contributed by atoms with E-state index >= 15 is 0 Å². The summed E-state index contributed by atoms with van der Waals surface area (Å²) < 4.78 is 6.48. The van der Waals surface area contributed by atoms with E-state index in [1.807, 2.05) is 18.2 Å². The lowest BCUT2D eigenvalue weighted by Gasteiger charge is -2.32. The van der Waals surface area contributed by atoms with Crippen molar-refractivity contribution < 1.29 is 9.53 Å². The second kappa shape index (κ2) is 10.7. The largest absolute Gasteiger partial charge is 0.495 e. The van der Waals surface area contributed by atoms with Crippen molar-refractivity contribution in [3.05, 3.63) is 35.0 Å². The minimum absolute atomic E-state index is 0.0546. The summed E-state index contributed by atoms with van der Waals surface area (Å²) in [4.78, 5) is 27.7. The first kappa shape index (κ1) is 24.2. The number of carbonyl (C=O) groups is 1. The van der Waals surface area contributed by atoms with E-state index in [9.17, 15) is 4.79 Å². The molecule has 10 heteroatoms. The molecule has 186 valence electrons. The number of thiophene rings is 1. The van der Waals surface area contributed by atoms with Crippen LogP contribution >= 0.6 is 22.9 Å². The van der Waals surface area contributed by atoms with Crippen LogP contribution in [0.3, 0.4) is 0 Å². The molecule has 2 aliphatic rings. The van der Waals surface area contributed by atoms with Crippen LogP contribution < -0.4 is 15.4 Å². The smallest absolute Gasteiger partial charge is 0.252 e. The Kier molecular flexibility index (Phi) is 7.38. The summed E-state index contributed by atoms with van der Waals surface area (Å²) in [5, 5.41) is 7.74. The third kappa shape index (κ3) is 5.69. The molecule has 5 rings (SSSR count). The van der Waals surface area contributed by atoms with Crippen LogP contribution in [0.1, 0.15) is 29.6 Å². The number of aromatic nitrogens is 2. The third-order valence-electron chi connectivity index (χ3n) is 6.53. The lowest BCUT2D eigenvalue weighted by molar-refractivity contribution is 0.0952. The molecule has 0 unspecified atom stereocenters. The fourth-order valence-electron chi connectivity index (χ4n) is 4.26. The molecule has 2 fully saturated rings. The van der Waals surface area contributed by atoms with E-state index in [1.54, 1.807) is 13.3 Å². The van der Waals surface area contributed by atoms with Gasteiger partial charge in [-0.05, 0) is 51.1 Å². The fraction of sp³-hybridized carbons (Fsp3) is 0.480. The number of nitrogens with zero attached hydrogens (tertiary/aromatic N) is 4.